The van der Waals surface area contributed by atoms with E-state index >= 15 is 0 Å². The number of nitrogens with zero attached hydrogens (tertiary/aromatic N) is 2. The van der Waals surface area contributed by atoms with Crippen LogP contribution in [0.4, 0.5) is 5.69 Å². The van der Waals surface area contributed by atoms with E-state index in [1.165, 1.54) is 16.8 Å². The van der Waals surface area contributed by atoms with Gasteiger partial charge in [0.2, 0.25) is 0 Å². The number of para-hydroxylation sites is 1. The van der Waals surface area contributed by atoms with E-state index in [2.05, 4.69) is 52.6 Å². The number of hydrogen-bond donors (Lipinski definition) is 1. The highest BCUT2D eigenvalue weighted by molar-refractivity contribution is 5.57. The molecule has 1 N–H and O–H groups in total. The van der Waals surface area contributed by atoms with Gasteiger partial charge in [0.15, 0.2) is 0 Å². The van der Waals surface area contributed by atoms with E-state index in [0.29, 0.717) is 5.92 Å². The molecule has 0 radical (unpaired) electrons. The Morgan fingerprint density at radius 3 is 3.00 bits per heavy atom. The molecule has 1 unspecified atom stereocenters. The average Bonchev–Trinajstić information content (AvgIpc) is 2.83. The van der Waals surface area contributed by atoms with Gasteiger partial charge in [-0.1, -0.05) is 24.3 Å². The Hall–Kier alpha value is -1.87. The maximum absolute atomic E-state index is 4.17. The van der Waals surface area contributed by atoms with E-state index in [0.717, 1.165) is 19.6 Å². The van der Waals surface area contributed by atoms with Gasteiger partial charge in [0, 0.05) is 43.6 Å². The van der Waals surface area contributed by atoms with Crippen LogP contribution in [-0.4, -0.2) is 30.0 Å². The summed E-state index contributed by atoms with van der Waals surface area (Å²) in [5, 5.41) is 3.48. The molecule has 0 saturated carbocycles. The zero-order valence-electron chi connectivity index (χ0n) is 11.2. The van der Waals surface area contributed by atoms with Crippen molar-refractivity contribution in [3.63, 3.8) is 0 Å². The van der Waals surface area contributed by atoms with Gasteiger partial charge in [0.25, 0.3) is 0 Å². The van der Waals surface area contributed by atoms with Gasteiger partial charge in [-0.15, -0.1) is 0 Å². The maximum atomic E-state index is 4.17. The normalized spacial score (nSPS) is 17.3. The molecule has 19 heavy (non-hydrogen) atoms. The minimum absolute atomic E-state index is 0.581. The average molecular weight is 253 g/mol. The lowest BCUT2D eigenvalue weighted by Gasteiger charge is -2.20. The molecule has 1 aromatic heterocycles. The number of hydrogen-bond acceptors (Lipinski definition) is 3. The summed E-state index contributed by atoms with van der Waals surface area (Å²) in [6, 6.07) is 12.7. The molecule has 0 amide bonds. The van der Waals surface area contributed by atoms with Gasteiger partial charge in [0.1, 0.15) is 0 Å². The number of benzene rings is 1. The molecule has 1 aliphatic heterocycles. The van der Waals surface area contributed by atoms with Gasteiger partial charge < -0.3 is 10.2 Å². The minimum Gasteiger partial charge on any atom is -0.384 e. The quantitative estimate of drug-likeness (QED) is 0.908. The first-order valence-corrected chi connectivity index (χ1v) is 6.73. The molecule has 1 aromatic carbocycles. The number of pyridine rings is 1. The second kappa shape index (κ2) is 5.41. The summed E-state index contributed by atoms with van der Waals surface area (Å²) in [4.78, 5) is 6.53. The van der Waals surface area contributed by atoms with Crippen molar-refractivity contribution in [2.24, 2.45) is 0 Å². The first-order valence-electron chi connectivity index (χ1n) is 6.73. The lowest BCUT2D eigenvalue weighted by atomic mass is 10.0. The minimum atomic E-state index is 0.581. The van der Waals surface area contributed by atoms with E-state index in [-0.39, 0.29) is 0 Å². The summed E-state index contributed by atoms with van der Waals surface area (Å²) in [5.74, 6) is 0.581. The smallest absolute Gasteiger partial charge is 0.0376 e. The second-order valence-corrected chi connectivity index (χ2v) is 5.22. The number of aromatic nitrogens is 1. The fourth-order valence-electron chi connectivity index (χ4n) is 2.76. The standard InChI is InChI=1S/C16H19N3/c1-19(11-13-5-4-8-17-9-13)12-14-10-18-16-7-3-2-6-15(14)16/h2-9,14,18H,10-12H2,1H3. The Bertz CT molecular complexity index is 539. The lowest BCUT2D eigenvalue weighted by molar-refractivity contribution is 0.309. The van der Waals surface area contributed by atoms with E-state index in [9.17, 15) is 0 Å². The summed E-state index contributed by atoms with van der Waals surface area (Å²) in [6.07, 6.45) is 3.76. The second-order valence-electron chi connectivity index (χ2n) is 5.22. The SMILES string of the molecule is CN(Cc1cccnc1)CC1CNc2ccccc21. The molecule has 3 nitrogen and oxygen atoms in total. The van der Waals surface area contributed by atoms with Crippen molar-refractivity contribution in [3.8, 4) is 0 Å². The van der Waals surface area contributed by atoms with Crippen LogP contribution in [-0.2, 0) is 6.54 Å². The van der Waals surface area contributed by atoms with E-state index in [4.69, 9.17) is 0 Å². The summed E-state index contributed by atoms with van der Waals surface area (Å²) in [7, 11) is 2.17. The first kappa shape index (κ1) is 12.2. The highest BCUT2D eigenvalue weighted by Crippen LogP contribution is 2.31. The third-order valence-corrected chi connectivity index (χ3v) is 3.65. The zero-order chi connectivity index (χ0) is 13.1. The summed E-state index contributed by atoms with van der Waals surface area (Å²) in [6.45, 7) is 3.06. The van der Waals surface area contributed by atoms with E-state index in [1.54, 1.807) is 0 Å². The van der Waals surface area contributed by atoms with Gasteiger partial charge >= 0.3 is 0 Å². The van der Waals surface area contributed by atoms with Crippen molar-refractivity contribution in [3.05, 3.63) is 59.9 Å². The Morgan fingerprint density at radius 2 is 2.16 bits per heavy atom. The van der Waals surface area contributed by atoms with Crippen LogP contribution in [0, 0.1) is 0 Å². The fourth-order valence-corrected chi connectivity index (χ4v) is 2.76. The van der Waals surface area contributed by atoms with Crippen LogP contribution < -0.4 is 5.32 Å². The molecule has 3 rings (SSSR count). The Balaban J connectivity index is 1.63. The van der Waals surface area contributed by atoms with Crippen molar-refractivity contribution in [1.29, 1.82) is 0 Å². The maximum Gasteiger partial charge on any atom is 0.0376 e. The molecular weight excluding hydrogens is 234 g/mol. The lowest BCUT2D eigenvalue weighted by Crippen LogP contribution is -2.25. The molecule has 1 atom stereocenters. The van der Waals surface area contributed by atoms with E-state index in [1.807, 2.05) is 18.5 Å². The predicted octanol–water partition coefficient (Wildman–Crippen LogP) is 2.72. The molecular formula is C16H19N3. The third kappa shape index (κ3) is 2.76. The largest absolute Gasteiger partial charge is 0.384 e. The fraction of sp³-hybridized carbons (Fsp3) is 0.312. The summed E-state index contributed by atoms with van der Waals surface area (Å²) < 4.78 is 0. The van der Waals surface area contributed by atoms with Crippen LogP contribution >= 0.6 is 0 Å². The number of likely N-dealkylation sites (N-methyl/N-ethyl adjacent to an activating group) is 1. The summed E-state index contributed by atoms with van der Waals surface area (Å²) >= 11 is 0. The van der Waals surface area contributed by atoms with Crippen molar-refractivity contribution < 1.29 is 0 Å². The Morgan fingerprint density at radius 1 is 1.26 bits per heavy atom. The predicted molar refractivity (Wildman–Crippen MR) is 78.2 cm³/mol. The Kier molecular flexibility index (Phi) is 3.47. The van der Waals surface area contributed by atoms with Crippen LogP contribution in [0.1, 0.15) is 17.0 Å². The van der Waals surface area contributed by atoms with Crippen LogP contribution in [0.2, 0.25) is 0 Å². The van der Waals surface area contributed by atoms with Gasteiger partial charge in [-0.2, -0.15) is 0 Å². The molecule has 2 aromatic rings. The van der Waals surface area contributed by atoms with E-state index < -0.39 is 0 Å². The van der Waals surface area contributed by atoms with Gasteiger partial charge in [-0.05, 0) is 30.3 Å². The van der Waals surface area contributed by atoms with Crippen LogP contribution in [0.25, 0.3) is 0 Å². The van der Waals surface area contributed by atoms with Crippen molar-refractivity contribution in [2.45, 2.75) is 12.5 Å². The van der Waals surface area contributed by atoms with Gasteiger partial charge in [0.05, 0.1) is 0 Å². The van der Waals surface area contributed by atoms with Crippen molar-refractivity contribution >= 4 is 5.69 Å². The molecule has 2 heterocycles. The molecule has 3 heteroatoms. The van der Waals surface area contributed by atoms with Crippen molar-refractivity contribution in [1.82, 2.24) is 9.88 Å². The molecule has 0 fully saturated rings. The third-order valence-electron chi connectivity index (χ3n) is 3.65. The van der Waals surface area contributed by atoms with Crippen LogP contribution in [0.15, 0.2) is 48.8 Å². The topological polar surface area (TPSA) is 28.2 Å². The van der Waals surface area contributed by atoms with Crippen molar-refractivity contribution in [2.75, 3.05) is 25.5 Å². The zero-order valence-corrected chi connectivity index (χ0v) is 11.2. The van der Waals surface area contributed by atoms with Gasteiger partial charge in [-0.25, -0.2) is 0 Å². The molecule has 0 aliphatic carbocycles. The Labute approximate surface area is 114 Å². The molecule has 1 aliphatic rings. The number of nitrogens with one attached hydrogen (secondary N) is 1. The molecule has 0 spiro atoms. The highest BCUT2D eigenvalue weighted by Gasteiger charge is 2.22. The van der Waals surface area contributed by atoms with Crippen LogP contribution in [0.5, 0.6) is 0 Å². The number of rotatable bonds is 4. The van der Waals surface area contributed by atoms with Gasteiger partial charge in [-0.3, -0.25) is 4.98 Å². The number of fused-ring (bicyclic) bond motifs is 1. The number of anilines is 1. The highest BCUT2D eigenvalue weighted by atomic mass is 15.1. The molecule has 0 bridgehead atoms. The monoisotopic (exact) mass is 253 g/mol. The van der Waals surface area contributed by atoms with Crippen LogP contribution in [0.3, 0.4) is 0 Å². The molecule has 98 valence electrons. The summed E-state index contributed by atoms with van der Waals surface area (Å²) in [5.41, 5.74) is 4.01. The first-order chi connectivity index (χ1) is 9.33. The molecule has 0 saturated heterocycles.